The number of aliphatic imine (C=N–C) groups is 1. The molecule has 0 bridgehead atoms. The molecule has 0 saturated carbocycles. The number of aryl methyl sites for hydroxylation is 1. The Balaban J connectivity index is 2.06. The molecule has 6 nitrogen and oxygen atoms in total. The molecule has 0 radical (unpaired) electrons. The fourth-order valence-electron chi connectivity index (χ4n) is 3.58. The van der Waals surface area contributed by atoms with Crippen LogP contribution in [0, 0.1) is 12.8 Å². The third-order valence-corrected chi connectivity index (χ3v) is 4.92. The number of carbonyl (C=O) groups is 1. The number of hydrogen-bond acceptors (Lipinski definition) is 3. The normalized spacial score (nSPS) is 20.3. The lowest BCUT2D eigenvalue weighted by molar-refractivity contribution is -0.122. The molecule has 6 heteroatoms. The lowest BCUT2D eigenvalue weighted by atomic mass is 9.89. The molecule has 1 aliphatic rings. The van der Waals surface area contributed by atoms with Crippen molar-refractivity contribution in [2.75, 3.05) is 33.3 Å². The second-order valence-electron chi connectivity index (χ2n) is 8.95. The van der Waals surface area contributed by atoms with Gasteiger partial charge < -0.3 is 20.3 Å². The van der Waals surface area contributed by atoms with Gasteiger partial charge in [-0.25, -0.2) is 0 Å². The van der Waals surface area contributed by atoms with Crippen LogP contribution in [0.3, 0.4) is 0 Å². The van der Waals surface area contributed by atoms with Crippen LogP contribution in [0.15, 0.2) is 29.3 Å². The average Bonchev–Trinajstić information content (AvgIpc) is 2.64. The molecule has 162 valence electrons. The van der Waals surface area contributed by atoms with E-state index in [0.29, 0.717) is 12.5 Å². The SMILES string of the molecule is CCNC(=NCC1CCCOC1c1ccc(C)cc1)N(C)CC(=O)NC(C)(C)C. The zero-order chi connectivity index (χ0) is 21.4. The summed E-state index contributed by atoms with van der Waals surface area (Å²) in [5, 5.41) is 6.31. The molecule has 2 N–H and O–H groups in total. The van der Waals surface area contributed by atoms with Crippen molar-refractivity contribution in [3.8, 4) is 0 Å². The van der Waals surface area contributed by atoms with Gasteiger partial charge in [0.15, 0.2) is 5.96 Å². The van der Waals surface area contributed by atoms with Gasteiger partial charge in [-0.3, -0.25) is 9.79 Å². The summed E-state index contributed by atoms with van der Waals surface area (Å²) in [4.78, 5) is 19.0. The smallest absolute Gasteiger partial charge is 0.240 e. The summed E-state index contributed by atoms with van der Waals surface area (Å²) in [6, 6.07) is 8.60. The molecule has 1 aromatic carbocycles. The van der Waals surface area contributed by atoms with Gasteiger partial charge in [-0.05, 0) is 53.0 Å². The number of amides is 1. The van der Waals surface area contributed by atoms with Gasteiger partial charge in [0.05, 0.1) is 12.6 Å². The number of carbonyl (C=O) groups excluding carboxylic acids is 1. The van der Waals surface area contributed by atoms with E-state index in [0.717, 1.165) is 32.0 Å². The van der Waals surface area contributed by atoms with Crippen LogP contribution >= 0.6 is 0 Å². The summed E-state index contributed by atoms with van der Waals surface area (Å²) in [5.74, 6) is 1.07. The third kappa shape index (κ3) is 7.69. The second kappa shape index (κ2) is 10.6. The van der Waals surface area contributed by atoms with Crippen molar-refractivity contribution in [2.45, 2.75) is 59.1 Å². The Bertz CT molecular complexity index is 679. The number of rotatable bonds is 6. The zero-order valence-corrected chi connectivity index (χ0v) is 18.9. The highest BCUT2D eigenvalue weighted by Crippen LogP contribution is 2.34. The number of nitrogens with zero attached hydrogens (tertiary/aromatic N) is 2. The van der Waals surface area contributed by atoms with E-state index in [1.807, 2.05) is 39.6 Å². The first kappa shape index (κ1) is 23.2. The largest absolute Gasteiger partial charge is 0.373 e. The van der Waals surface area contributed by atoms with E-state index in [9.17, 15) is 4.79 Å². The minimum atomic E-state index is -0.242. The van der Waals surface area contributed by atoms with Gasteiger partial charge in [0, 0.05) is 38.2 Å². The van der Waals surface area contributed by atoms with Gasteiger partial charge in [-0.1, -0.05) is 29.8 Å². The highest BCUT2D eigenvalue weighted by atomic mass is 16.5. The molecule has 1 fully saturated rings. The van der Waals surface area contributed by atoms with Gasteiger partial charge in [-0.2, -0.15) is 0 Å². The van der Waals surface area contributed by atoms with Crippen LogP contribution in [0.1, 0.15) is 57.8 Å². The summed E-state index contributed by atoms with van der Waals surface area (Å²) in [6.07, 6.45) is 2.23. The lowest BCUT2D eigenvalue weighted by Gasteiger charge is -2.32. The van der Waals surface area contributed by atoms with Gasteiger partial charge >= 0.3 is 0 Å². The predicted molar refractivity (Wildman–Crippen MR) is 119 cm³/mol. The van der Waals surface area contributed by atoms with Crippen LogP contribution in [0.4, 0.5) is 0 Å². The first-order valence-electron chi connectivity index (χ1n) is 10.7. The molecule has 1 saturated heterocycles. The standard InChI is InChI=1S/C23H38N4O2/c1-7-24-22(27(6)16-20(28)26-23(3,4)5)25-15-19-9-8-14-29-21(19)18-12-10-17(2)11-13-18/h10-13,19,21H,7-9,14-16H2,1-6H3,(H,24,25)(H,26,28). The number of likely N-dealkylation sites (N-methyl/N-ethyl adjacent to an activating group) is 1. The molecule has 2 rings (SSSR count). The van der Waals surface area contributed by atoms with E-state index in [1.54, 1.807) is 0 Å². The van der Waals surface area contributed by atoms with E-state index in [4.69, 9.17) is 9.73 Å². The molecule has 0 aliphatic carbocycles. The van der Waals surface area contributed by atoms with Crippen molar-refractivity contribution in [3.05, 3.63) is 35.4 Å². The topological polar surface area (TPSA) is 66.0 Å². The molecule has 1 amide bonds. The number of hydrogen-bond donors (Lipinski definition) is 2. The fraction of sp³-hybridized carbons (Fsp3) is 0.652. The Morgan fingerprint density at radius 3 is 2.59 bits per heavy atom. The Labute approximate surface area is 176 Å². The number of nitrogens with one attached hydrogen (secondary N) is 2. The highest BCUT2D eigenvalue weighted by Gasteiger charge is 2.27. The van der Waals surface area contributed by atoms with Crippen molar-refractivity contribution in [1.82, 2.24) is 15.5 Å². The second-order valence-corrected chi connectivity index (χ2v) is 8.95. The monoisotopic (exact) mass is 402 g/mol. The van der Waals surface area contributed by atoms with Gasteiger partial charge in [0.25, 0.3) is 0 Å². The van der Waals surface area contributed by atoms with Gasteiger partial charge in [0.1, 0.15) is 0 Å². The number of benzene rings is 1. The first-order chi connectivity index (χ1) is 13.7. The fourth-order valence-corrected chi connectivity index (χ4v) is 3.58. The van der Waals surface area contributed by atoms with Crippen LogP contribution in [-0.2, 0) is 9.53 Å². The molecular formula is C23H38N4O2. The summed E-state index contributed by atoms with van der Waals surface area (Å²) >= 11 is 0. The van der Waals surface area contributed by atoms with E-state index >= 15 is 0 Å². The minimum Gasteiger partial charge on any atom is -0.373 e. The Hall–Kier alpha value is -2.08. The van der Waals surface area contributed by atoms with Gasteiger partial charge in [-0.15, -0.1) is 0 Å². The molecule has 0 spiro atoms. The lowest BCUT2D eigenvalue weighted by Crippen LogP contribution is -2.49. The van der Waals surface area contributed by atoms with Crippen molar-refractivity contribution < 1.29 is 9.53 Å². The average molecular weight is 403 g/mol. The highest BCUT2D eigenvalue weighted by molar-refractivity contribution is 5.86. The van der Waals surface area contributed by atoms with E-state index < -0.39 is 0 Å². The maximum atomic E-state index is 12.3. The van der Waals surface area contributed by atoms with Crippen molar-refractivity contribution in [3.63, 3.8) is 0 Å². The Morgan fingerprint density at radius 1 is 1.28 bits per heavy atom. The van der Waals surface area contributed by atoms with E-state index in [-0.39, 0.29) is 24.1 Å². The van der Waals surface area contributed by atoms with Crippen LogP contribution in [-0.4, -0.2) is 55.6 Å². The van der Waals surface area contributed by atoms with Crippen LogP contribution in [0.2, 0.25) is 0 Å². The molecule has 1 heterocycles. The molecular weight excluding hydrogens is 364 g/mol. The minimum absolute atomic E-state index is 0.0101. The van der Waals surface area contributed by atoms with Crippen LogP contribution in [0.5, 0.6) is 0 Å². The van der Waals surface area contributed by atoms with E-state index in [1.165, 1.54) is 11.1 Å². The summed E-state index contributed by atoms with van der Waals surface area (Å²) in [6.45, 7) is 12.6. The molecule has 1 aliphatic heterocycles. The summed E-state index contributed by atoms with van der Waals surface area (Å²) in [7, 11) is 1.90. The van der Waals surface area contributed by atoms with Crippen LogP contribution in [0.25, 0.3) is 0 Å². The molecule has 2 unspecified atom stereocenters. The molecule has 0 aromatic heterocycles. The summed E-state index contributed by atoms with van der Waals surface area (Å²) in [5.41, 5.74) is 2.23. The van der Waals surface area contributed by atoms with Crippen molar-refractivity contribution >= 4 is 11.9 Å². The maximum Gasteiger partial charge on any atom is 0.240 e. The Morgan fingerprint density at radius 2 is 1.97 bits per heavy atom. The van der Waals surface area contributed by atoms with E-state index in [2.05, 4.69) is 41.8 Å². The Kier molecular flexibility index (Phi) is 8.50. The third-order valence-electron chi connectivity index (χ3n) is 4.92. The molecule has 1 aromatic rings. The molecule has 2 atom stereocenters. The van der Waals surface area contributed by atoms with Crippen molar-refractivity contribution in [2.24, 2.45) is 10.9 Å². The van der Waals surface area contributed by atoms with Crippen LogP contribution < -0.4 is 10.6 Å². The zero-order valence-electron chi connectivity index (χ0n) is 18.9. The quantitative estimate of drug-likeness (QED) is 0.566. The summed E-state index contributed by atoms with van der Waals surface area (Å²) < 4.78 is 6.12. The number of guanidine groups is 1. The van der Waals surface area contributed by atoms with Crippen molar-refractivity contribution in [1.29, 1.82) is 0 Å². The predicted octanol–water partition coefficient (Wildman–Crippen LogP) is 3.27. The maximum absolute atomic E-state index is 12.3. The van der Waals surface area contributed by atoms with Gasteiger partial charge in [0.2, 0.25) is 5.91 Å². The molecule has 29 heavy (non-hydrogen) atoms. The number of ether oxygens (including phenoxy) is 1. The first-order valence-corrected chi connectivity index (χ1v) is 10.7.